The minimum absolute atomic E-state index is 0.936. The second kappa shape index (κ2) is 2.38. The normalized spacial score (nSPS) is 10.6. The van der Waals surface area contributed by atoms with Gasteiger partial charge in [0.25, 0.3) is 0 Å². The Hall–Kier alpha value is -0.755. The van der Waals surface area contributed by atoms with Gasteiger partial charge in [-0.3, -0.25) is 0 Å². The predicted octanol–water partition coefficient (Wildman–Crippen LogP) is 2.00. The number of rotatable bonds is 0. The number of hydrogen-bond donors (Lipinski definition) is 0. The average molecular weight is 158 g/mol. The van der Waals surface area contributed by atoms with Crippen LogP contribution in [-0.4, -0.2) is 7.85 Å². The summed E-state index contributed by atoms with van der Waals surface area (Å²) in [5, 5.41) is 1.19. The van der Waals surface area contributed by atoms with Gasteiger partial charge in [-0.25, -0.2) is 0 Å². The molecule has 0 saturated carbocycles. The second-order valence-electron chi connectivity index (χ2n) is 2.57. The predicted molar refractivity (Wildman–Crippen MR) is 52.0 cm³/mol. The molecule has 1 heterocycles. The van der Waals surface area contributed by atoms with Crippen molar-refractivity contribution in [2.45, 2.75) is 6.92 Å². The van der Waals surface area contributed by atoms with Crippen LogP contribution in [0.5, 0.6) is 0 Å². The van der Waals surface area contributed by atoms with Crippen molar-refractivity contribution in [3.05, 3.63) is 29.1 Å². The van der Waals surface area contributed by atoms with Crippen LogP contribution in [0.2, 0.25) is 0 Å². The van der Waals surface area contributed by atoms with Gasteiger partial charge in [-0.15, -0.1) is 11.3 Å². The quantitative estimate of drug-likeness (QED) is 0.514. The number of benzene rings is 1. The molecule has 11 heavy (non-hydrogen) atoms. The van der Waals surface area contributed by atoms with Crippen LogP contribution in [0.25, 0.3) is 10.1 Å². The van der Waals surface area contributed by atoms with Gasteiger partial charge in [-0.2, -0.15) is 0 Å². The van der Waals surface area contributed by atoms with E-state index in [0.29, 0.717) is 0 Å². The number of aryl methyl sites for hydroxylation is 1. The highest BCUT2D eigenvalue weighted by Crippen LogP contribution is 2.21. The van der Waals surface area contributed by atoms with Gasteiger partial charge >= 0.3 is 0 Å². The van der Waals surface area contributed by atoms with Crippen LogP contribution in [0, 0.1) is 6.92 Å². The van der Waals surface area contributed by atoms with Gasteiger partial charge in [0.2, 0.25) is 0 Å². The third-order valence-electron chi connectivity index (χ3n) is 1.82. The first-order chi connectivity index (χ1) is 5.29. The van der Waals surface area contributed by atoms with Crippen LogP contribution in [0.1, 0.15) is 4.88 Å². The molecular formula is C9H7BS. The van der Waals surface area contributed by atoms with Crippen molar-refractivity contribution in [1.29, 1.82) is 0 Å². The summed E-state index contributed by atoms with van der Waals surface area (Å²) in [5.74, 6) is 0. The van der Waals surface area contributed by atoms with Crippen molar-refractivity contribution in [3.8, 4) is 0 Å². The summed E-state index contributed by atoms with van der Waals surface area (Å²) in [7, 11) is 5.85. The zero-order chi connectivity index (χ0) is 7.84. The number of hydrogen-bond acceptors (Lipinski definition) is 1. The smallest absolute Gasteiger partial charge is 0.116 e. The van der Waals surface area contributed by atoms with E-state index < -0.39 is 0 Å². The standard InChI is InChI=1S/C9H7BS/c1-6-9(10)7-4-2-3-5-8(7)11-6/h2-5H,1H3. The average Bonchev–Trinajstić information content (AvgIpc) is 2.30. The molecule has 0 aliphatic rings. The van der Waals surface area contributed by atoms with E-state index in [1.807, 2.05) is 12.1 Å². The minimum atomic E-state index is 0.936. The number of thiophene rings is 1. The van der Waals surface area contributed by atoms with Gasteiger partial charge < -0.3 is 0 Å². The van der Waals surface area contributed by atoms with Crippen molar-refractivity contribution >= 4 is 34.7 Å². The molecule has 0 amide bonds. The highest BCUT2D eigenvalue weighted by Gasteiger charge is 2.01. The third kappa shape index (κ3) is 0.981. The van der Waals surface area contributed by atoms with Crippen LogP contribution >= 0.6 is 11.3 Å². The Kier molecular flexibility index (Phi) is 1.50. The fourth-order valence-electron chi connectivity index (χ4n) is 1.19. The maximum atomic E-state index is 5.85. The number of fused-ring (bicyclic) bond motifs is 1. The molecule has 0 aliphatic carbocycles. The van der Waals surface area contributed by atoms with Crippen molar-refractivity contribution in [3.63, 3.8) is 0 Å². The van der Waals surface area contributed by atoms with E-state index >= 15 is 0 Å². The Morgan fingerprint density at radius 2 is 2.00 bits per heavy atom. The molecule has 2 aromatic rings. The van der Waals surface area contributed by atoms with E-state index in [4.69, 9.17) is 7.85 Å². The molecule has 0 spiro atoms. The Labute approximate surface area is 71.3 Å². The van der Waals surface area contributed by atoms with Crippen LogP contribution in [0.15, 0.2) is 24.3 Å². The summed E-state index contributed by atoms with van der Waals surface area (Å²) in [5.41, 5.74) is 0.936. The molecule has 2 radical (unpaired) electrons. The molecule has 2 heteroatoms. The van der Waals surface area contributed by atoms with Gasteiger partial charge in [-0.05, 0) is 23.3 Å². The molecule has 0 bridgehead atoms. The van der Waals surface area contributed by atoms with Crippen molar-refractivity contribution in [1.82, 2.24) is 0 Å². The van der Waals surface area contributed by atoms with Crippen molar-refractivity contribution in [2.24, 2.45) is 0 Å². The van der Waals surface area contributed by atoms with E-state index in [-0.39, 0.29) is 0 Å². The molecule has 0 atom stereocenters. The lowest BCUT2D eigenvalue weighted by molar-refractivity contribution is 1.70. The molecule has 0 nitrogen and oxygen atoms in total. The molecule has 0 fully saturated rings. The van der Waals surface area contributed by atoms with Crippen LogP contribution in [0.3, 0.4) is 0 Å². The zero-order valence-corrected chi connectivity index (χ0v) is 7.11. The summed E-state index contributed by atoms with van der Waals surface area (Å²) in [6, 6.07) is 8.22. The first kappa shape index (κ1) is 6.92. The molecule has 1 aromatic heterocycles. The minimum Gasteiger partial charge on any atom is -0.141 e. The molecular weight excluding hydrogens is 151 g/mol. The Bertz CT molecular complexity index is 389. The van der Waals surface area contributed by atoms with E-state index in [2.05, 4.69) is 19.1 Å². The van der Waals surface area contributed by atoms with E-state index in [1.54, 1.807) is 11.3 Å². The Morgan fingerprint density at radius 1 is 1.27 bits per heavy atom. The van der Waals surface area contributed by atoms with Gasteiger partial charge in [0.15, 0.2) is 0 Å². The van der Waals surface area contributed by atoms with Crippen LogP contribution in [-0.2, 0) is 0 Å². The Balaban J connectivity index is 2.92. The topological polar surface area (TPSA) is 0 Å². The maximum Gasteiger partial charge on any atom is 0.116 e. The third-order valence-corrected chi connectivity index (χ3v) is 2.92. The van der Waals surface area contributed by atoms with E-state index in [9.17, 15) is 0 Å². The molecule has 0 saturated heterocycles. The highest BCUT2D eigenvalue weighted by molar-refractivity contribution is 7.20. The summed E-state index contributed by atoms with van der Waals surface area (Å²) in [6.07, 6.45) is 0. The Morgan fingerprint density at radius 3 is 2.73 bits per heavy atom. The van der Waals surface area contributed by atoms with Crippen LogP contribution < -0.4 is 5.46 Å². The molecule has 52 valence electrons. The van der Waals surface area contributed by atoms with E-state index in [0.717, 1.165) is 5.46 Å². The second-order valence-corrected chi connectivity index (χ2v) is 3.82. The summed E-state index contributed by atoms with van der Waals surface area (Å²) >= 11 is 1.75. The highest BCUT2D eigenvalue weighted by atomic mass is 32.1. The molecule has 1 aromatic carbocycles. The van der Waals surface area contributed by atoms with Gasteiger partial charge in [0.1, 0.15) is 7.85 Å². The lowest BCUT2D eigenvalue weighted by atomic mass is 9.93. The first-order valence-corrected chi connectivity index (χ1v) is 4.34. The zero-order valence-electron chi connectivity index (χ0n) is 6.29. The van der Waals surface area contributed by atoms with Crippen molar-refractivity contribution in [2.75, 3.05) is 0 Å². The largest absolute Gasteiger partial charge is 0.141 e. The van der Waals surface area contributed by atoms with E-state index in [1.165, 1.54) is 15.0 Å². The molecule has 0 aliphatic heterocycles. The molecule has 0 N–H and O–H groups in total. The molecule has 0 unspecified atom stereocenters. The fourth-order valence-corrected chi connectivity index (χ4v) is 2.17. The van der Waals surface area contributed by atoms with Crippen molar-refractivity contribution < 1.29 is 0 Å². The lowest BCUT2D eigenvalue weighted by Crippen LogP contribution is -2.01. The maximum absolute atomic E-state index is 5.85. The van der Waals surface area contributed by atoms with Gasteiger partial charge in [-0.1, -0.05) is 23.7 Å². The monoisotopic (exact) mass is 158 g/mol. The SMILES string of the molecule is [B]c1c(C)sc2ccccc12. The summed E-state index contributed by atoms with van der Waals surface area (Å²) in [6.45, 7) is 2.06. The van der Waals surface area contributed by atoms with Gasteiger partial charge in [0.05, 0.1) is 0 Å². The molecule has 2 rings (SSSR count). The first-order valence-electron chi connectivity index (χ1n) is 3.52. The van der Waals surface area contributed by atoms with Crippen LogP contribution in [0.4, 0.5) is 0 Å². The summed E-state index contributed by atoms with van der Waals surface area (Å²) < 4.78 is 1.28. The fraction of sp³-hybridized carbons (Fsp3) is 0.111. The lowest BCUT2D eigenvalue weighted by Gasteiger charge is -1.88. The van der Waals surface area contributed by atoms with Gasteiger partial charge in [0, 0.05) is 4.70 Å². The summed E-state index contributed by atoms with van der Waals surface area (Å²) in [4.78, 5) is 1.21.